The standard InChI is InChI=1S/C15H14FN3O4.C13H14FN3O.C2H6/c1-17(2)13(21)8-18-7-10(9-20)14(22)19(15(18)23)12-5-3-11(16)4-6-12;1-8-11(5-6-17-13(8)15)18-12-4-3-9(16-2)7-10(12)14;1-2/h3-7,9H,8H2,1-2H3;3-7,16H,1-2H3,(H2,15,17);1-2H3. The zero-order valence-electron chi connectivity index (χ0n) is 24.7. The van der Waals surface area contributed by atoms with E-state index in [1.807, 2.05) is 13.8 Å². The van der Waals surface area contributed by atoms with Crippen LogP contribution in [0.25, 0.3) is 5.69 Å². The summed E-state index contributed by atoms with van der Waals surface area (Å²) in [6.07, 6.45) is 2.87. The second-order valence-electron chi connectivity index (χ2n) is 8.83. The Hall–Kier alpha value is -5.33. The third-order valence-corrected chi connectivity index (χ3v) is 5.83. The molecule has 11 nitrogen and oxygen atoms in total. The molecule has 0 saturated carbocycles. The fraction of sp³-hybridized carbons (Fsp3) is 0.233. The maximum atomic E-state index is 13.7. The van der Waals surface area contributed by atoms with Crippen molar-refractivity contribution in [2.24, 2.45) is 0 Å². The first-order valence-corrected chi connectivity index (χ1v) is 13.1. The number of benzene rings is 2. The Bertz CT molecular complexity index is 1680. The highest BCUT2D eigenvalue weighted by atomic mass is 19.1. The van der Waals surface area contributed by atoms with Gasteiger partial charge in [0.15, 0.2) is 17.9 Å². The highest BCUT2D eigenvalue weighted by Gasteiger charge is 2.15. The molecule has 228 valence electrons. The van der Waals surface area contributed by atoms with Crippen LogP contribution in [-0.4, -0.2) is 52.4 Å². The molecule has 43 heavy (non-hydrogen) atoms. The van der Waals surface area contributed by atoms with Gasteiger partial charge in [-0.3, -0.25) is 19.0 Å². The van der Waals surface area contributed by atoms with E-state index in [2.05, 4.69) is 10.3 Å². The summed E-state index contributed by atoms with van der Waals surface area (Å²) in [5, 5.41) is 2.85. The molecular formula is C30H34F2N6O5. The predicted molar refractivity (Wildman–Crippen MR) is 161 cm³/mol. The number of aromatic nitrogens is 3. The van der Waals surface area contributed by atoms with Crippen molar-refractivity contribution in [2.75, 3.05) is 32.2 Å². The molecule has 0 aliphatic rings. The molecule has 0 bridgehead atoms. The molecule has 3 N–H and O–H groups in total. The molecule has 0 aliphatic carbocycles. The number of ether oxygens (including phenoxy) is 1. The molecule has 1 amide bonds. The van der Waals surface area contributed by atoms with Crippen molar-refractivity contribution >= 4 is 23.7 Å². The first kappa shape index (κ1) is 33.9. The summed E-state index contributed by atoms with van der Waals surface area (Å²) in [5.41, 5.74) is 5.25. The number of nitrogens with one attached hydrogen (secondary N) is 1. The van der Waals surface area contributed by atoms with Gasteiger partial charge in [-0.05, 0) is 49.4 Å². The zero-order valence-corrected chi connectivity index (χ0v) is 24.7. The molecule has 0 atom stereocenters. The highest BCUT2D eigenvalue weighted by molar-refractivity contribution is 5.76. The molecule has 4 rings (SSSR count). The number of rotatable bonds is 7. The summed E-state index contributed by atoms with van der Waals surface area (Å²) < 4.78 is 34.0. The third-order valence-electron chi connectivity index (χ3n) is 5.83. The van der Waals surface area contributed by atoms with Crippen molar-refractivity contribution in [1.29, 1.82) is 0 Å². The van der Waals surface area contributed by atoms with Crippen LogP contribution in [0.15, 0.2) is 70.5 Å². The van der Waals surface area contributed by atoms with Crippen molar-refractivity contribution in [1.82, 2.24) is 19.0 Å². The number of pyridine rings is 1. The molecule has 2 heterocycles. The molecule has 0 radical (unpaired) electrons. The minimum Gasteiger partial charge on any atom is -0.454 e. The van der Waals surface area contributed by atoms with Gasteiger partial charge in [-0.25, -0.2) is 23.1 Å². The summed E-state index contributed by atoms with van der Waals surface area (Å²) in [7, 11) is 4.76. The SMILES string of the molecule is CC.CN(C)C(=O)Cn1cc(C=O)c(=O)n(-c2ccc(F)cc2)c1=O.CNc1ccc(Oc2ccnc(N)c2C)c(F)c1. The Morgan fingerprint density at radius 3 is 2.28 bits per heavy atom. The zero-order chi connectivity index (χ0) is 32.3. The molecule has 2 aromatic carbocycles. The van der Waals surface area contributed by atoms with Crippen LogP contribution in [0.1, 0.15) is 29.8 Å². The number of hydrogen-bond acceptors (Lipinski definition) is 8. The van der Waals surface area contributed by atoms with Crippen molar-refractivity contribution in [3.05, 3.63) is 105 Å². The van der Waals surface area contributed by atoms with Gasteiger partial charge in [0.2, 0.25) is 5.91 Å². The van der Waals surface area contributed by atoms with Crippen molar-refractivity contribution in [2.45, 2.75) is 27.3 Å². The Balaban J connectivity index is 0.000000291. The Morgan fingerprint density at radius 2 is 1.72 bits per heavy atom. The molecule has 2 aromatic heterocycles. The summed E-state index contributed by atoms with van der Waals surface area (Å²) in [6, 6.07) is 11.0. The van der Waals surface area contributed by atoms with Gasteiger partial charge in [-0.1, -0.05) is 13.8 Å². The van der Waals surface area contributed by atoms with Gasteiger partial charge in [0.1, 0.15) is 23.9 Å². The summed E-state index contributed by atoms with van der Waals surface area (Å²) in [5.74, 6) is -0.317. The van der Waals surface area contributed by atoms with Gasteiger partial charge in [0, 0.05) is 50.9 Å². The number of likely N-dealkylation sites (N-methyl/N-ethyl adjacent to an activating group) is 1. The van der Waals surface area contributed by atoms with E-state index in [-0.39, 0.29) is 29.5 Å². The number of nitrogens with two attached hydrogens (primary N) is 1. The lowest BCUT2D eigenvalue weighted by molar-refractivity contribution is -0.129. The second kappa shape index (κ2) is 15.6. The molecule has 4 aromatic rings. The summed E-state index contributed by atoms with van der Waals surface area (Å²) in [4.78, 5) is 52.7. The smallest absolute Gasteiger partial charge is 0.336 e. The van der Waals surface area contributed by atoms with E-state index in [1.165, 1.54) is 43.4 Å². The van der Waals surface area contributed by atoms with Gasteiger partial charge in [-0.2, -0.15) is 0 Å². The number of nitrogen functional groups attached to an aromatic ring is 1. The van der Waals surface area contributed by atoms with Gasteiger partial charge in [0.25, 0.3) is 5.56 Å². The summed E-state index contributed by atoms with van der Waals surface area (Å²) >= 11 is 0. The summed E-state index contributed by atoms with van der Waals surface area (Å²) in [6.45, 7) is 5.45. The van der Waals surface area contributed by atoms with Gasteiger partial charge < -0.3 is 20.7 Å². The molecule has 0 spiro atoms. The van der Waals surface area contributed by atoms with Crippen LogP contribution < -0.4 is 27.0 Å². The van der Waals surface area contributed by atoms with Crippen LogP contribution in [0.4, 0.5) is 20.3 Å². The quantitative estimate of drug-likeness (QED) is 0.305. The van der Waals surface area contributed by atoms with Crippen molar-refractivity contribution in [3.63, 3.8) is 0 Å². The first-order valence-electron chi connectivity index (χ1n) is 13.1. The van der Waals surface area contributed by atoms with E-state index >= 15 is 0 Å². The average molecular weight is 597 g/mol. The van der Waals surface area contributed by atoms with Crippen molar-refractivity contribution in [3.8, 4) is 17.2 Å². The maximum Gasteiger partial charge on any atom is 0.336 e. The predicted octanol–water partition coefficient (Wildman–Crippen LogP) is 4.01. The van der Waals surface area contributed by atoms with Crippen LogP contribution in [0.5, 0.6) is 11.5 Å². The minimum absolute atomic E-state index is 0.108. The number of carbonyl (C=O) groups is 2. The number of amides is 1. The Labute approximate surface area is 247 Å². The number of halogens is 2. The van der Waals surface area contributed by atoms with Crippen molar-refractivity contribution < 1.29 is 23.1 Å². The molecule has 0 fully saturated rings. The fourth-order valence-electron chi connectivity index (χ4n) is 3.42. The van der Waals surface area contributed by atoms with Gasteiger partial charge in [-0.15, -0.1) is 0 Å². The van der Waals surface area contributed by atoms with E-state index in [4.69, 9.17) is 10.5 Å². The number of carbonyl (C=O) groups excluding carboxylic acids is 2. The molecular weight excluding hydrogens is 562 g/mol. The average Bonchev–Trinajstić information content (AvgIpc) is 3.00. The lowest BCUT2D eigenvalue weighted by atomic mass is 10.2. The molecule has 0 aliphatic heterocycles. The monoisotopic (exact) mass is 596 g/mol. The van der Waals surface area contributed by atoms with Crippen LogP contribution in [0.2, 0.25) is 0 Å². The second-order valence-corrected chi connectivity index (χ2v) is 8.83. The molecule has 0 unspecified atom stereocenters. The van der Waals surface area contributed by atoms with E-state index in [9.17, 15) is 28.0 Å². The van der Waals surface area contributed by atoms with Crippen LogP contribution in [0.3, 0.4) is 0 Å². The number of anilines is 2. The fourth-order valence-corrected chi connectivity index (χ4v) is 3.42. The maximum absolute atomic E-state index is 13.7. The van der Waals surface area contributed by atoms with Gasteiger partial charge in [0.05, 0.1) is 11.3 Å². The van der Waals surface area contributed by atoms with E-state index < -0.39 is 22.9 Å². The number of nitrogens with zero attached hydrogens (tertiary/aromatic N) is 4. The van der Waals surface area contributed by atoms with E-state index in [0.717, 1.165) is 27.5 Å². The number of aldehydes is 1. The molecule has 13 heteroatoms. The highest BCUT2D eigenvalue weighted by Crippen LogP contribution is 2.30. The Kier molecular flexibility index (Phi) is 12.3. The van der Waals surface area contributed by atoms with E-state index in [0.29, 0.717) is 29.1 Å². The van der Waals surface area contributed by atoms with Crippen LogP contribution >= 0.6 is 0 Å². The Morgan fingerprint density at radius 1 is 1.07 bits per heavy atom. The largest absolute Gasteiger partial charge is 0.454 e. The minimum atomic E-state index is -0.829. The van der Waals surface area contributed by atoms with Crippen LogP contribution in [-0.2, 0) is 11.3 Å². The third kappa shape index (κ3) is 8.58. The normalized spacial score (nSPS) is 9.95. The lowest BCUT2D eigenvalue weighted by Gasteiger charge is -2.14. The van der Waals surface area contributed by atoms with Gasteiger partial charge >= 0.3 is 5.69 Å². The van der Waals surface area contributed by atoms with Crippen LogP contribution in [0, 0.1) is 18.6 Å². The topological polar surface area (TPSA) is 142 Å². The number of hydrogen-bond donors (Lipinski definition) is 2. The first-order chi connectivity index (χ1) is 20.5. The molecule has 0 saturated heterocycles. The van der Waals surface area contributed by atoms with E-state index in [1.54, 1.807) is 32.2 Å². The lowest BCUT2D eigenvalue weighted by Crippen LogP contribution is -2.42.